The van der Waals surface area contributed by atoms with Crippen molar-refractivity contribution < 1.29 is 24.0 Å². The summed E-state index contributed by atoms with van der Waals surface area (Å²) in [5.41, 5.74) is 0.941. The van der Waals surface area contributed by atoms with Gasteiger partial charge in [-0.25, -0.2) is 9.69 Å². The van der Waals surface area contributed by atoms with Gasteiger partial charge in [0.1, 0.15) is 6.54 Å². The largest absolute Gasteiger partial charge is 0.335 e. The van der Waals surface area contributed by atoms with Crippen molar-refractivity contribution in [1.82, 2.24) is 9.80 Å². The van der Waals surface area contributed by atoms with Crippen molar-refractivity contribution in [3.05, 3.63) is 46.7 Å². The standard InChI is InChI=1S/C20H18N4O5S/c1-12-9-16(25)21-14-6-2-3-7-15(14)24(12)17(26)11-23-19(28)18(27)22(20(23)29)10-13-5-4-8-30-13/h2-8,12H,9-11H2,1H3,(H,21,25)/t12-/m0/s1. The third-order valence-electron chi connectivity index (χ3n) is 4.95. The van der Waals surface area contributed by atoms with E-state index in [0.717, 1.165) is 9.78 Å². The number of nitrogens with one attached hydrogen (secondary N) is 1. The average molecular weight is 426 g/mol. The third-order valence-corrected chi connectivity index (χ3v) is 5.81. The van der Waals surface area contributed by atoms with E-state index >= 15 is 0 Å². The Morgan fingerprint density at radius 2 is 1.80 bits per heavy atom. The minimum absolute atomic E-state index is 0.0207. The topological polar surface area (TPSA) is 107 Å². The van der Waals surface area contributed by atoms with E-state index in [4.69, 9.17) is 0 Å². The second kappa shape index (κ2) is 7.71. The lowest BCUT2D eigenvalue weighted by molar-refractivity contribution is -0.144. The molecule has 6 amide bonds. The molecule has 0 bridgehead atoms. The van der Waals surface area contributed by atoms with Gasteiger partial charge in [0.2, 0.25) is 11.8 Å². The molecule has 0 unspecified atom stereocenters. The van der Waals surface area contributed by atoms with Crippen LogP contribution in [0.4, 0.5) is 16.2 Å². The van der Waals surface area contributed by atoms with Gasteiger partial charge in [-0.2, -0.15) is 0 Å². The summed E-state index contributed by atoms with van der Waals surface area (Å²) in [6, 6.07) is 9.02. The molecule has 9 nitrogen and oxygen atoms in total. The number of rotatable bonds is 4. The lowest BCUT2D eigenvalue weighted by Crippen LogP contribution is -2.47. The minimum atomic E-state index is -1.03. The molecule has 2 aliphatic heterocycles. The first-order valence-electron chi connectivity index (χ1n) is 9.27. The number of urea groups is 1. The van der Waals surface area contributed by atoms with Gasteiger partial charge in [0.15, 0.2) is 0 Å². The summed E-state index contributed by atoms with van der Waals surface area (Å²) in [5.74, 6) is -2.79. The van der Waals surface area contributed by atoms with Gasteiger partial charge in [-0.1, -0.05) is 18.2 Å². The molecule has 0 spiro atoms. The predicted octanol–water partition coefficient (Wildman–Crippen LogP) is 1.80. The Balaban J connectivity index is 1.57. The van der Waals surface area contributed by atoms with Crippen molar-refractivity contribution in [3.63, 3.8) is 0 Å². The van der Waals surface area contributed by atoms with Crippen LogP contribution in [0, 0.1) is 0 Å². The summed E-state index contributed by atoms with van der Waals surface area (Å²) in [6.45, 7) is 1.10. The van der Waals surface area contributed by atoms with Gasteiger partial charge in [0, 0.05) is 17.3 Å². The number of hydrogen-bond acceptors (Lipinski definition) is 6. The van der Waals surface area contributed by atoms with Crippen LogP contribution in [0.5, 0.6) is 0 Å². The molecule has 0 saturated carbocycles. The maximum absolute atomic E-state index is 13.1. The molecule has 1 aromatic heterocycles. The quantitative estimate of drug-likeness (QED) is 0.593. The molecular formula is C20H18N4O5S. The number of para-hydroxylation sites is 2. The zero-order valence-corrected chi connectivity index (χ0v) is 16.8. The first kappa shape index (κ1) is 19.8. The molecule has 1 N–H and O–H groups in total. The number of fused-ring (bicyclic) bond motifs is 1. The van der Waals surface area contributed by atoms with E-state index in [1.165, 1.54) is 16.2 Å². The Hall–Kier alpha value is -3.53. The van der Waals surface area contributed by atoms with Crippen molar-refractivity contribution in [2.24, 2.45) is 0 Å². The normalized spacial score (nSPS) is 19.1. The highest BCUT2D eigenvalue weighted by molar-refractivity contribution is 7.09. The highest BCUT2D eigenvalue weighted by Crippen LogP contribution is 2.31. The number of imide groups is 2. The first-order chi connectivity index (χ1) is 14.4. The molecule has 1 fully saturated rings. The highest BCUT2D eigenvalue weighted by Gasteiger charge is 2.46. The van der Waals surface area contributed by atoms with E-state index in [0.29, 0.717) is 16.3 Å². The van der Waals surface area contributed by atoms with Crippen molar-refractivity contribution in [3.8, 4) is 0 Å². The number of thiophene rings is 1. The van der Waals surface area contributed by atoms with Crippen molar-refractivity contribution >= 4 is 52.4 Å². The number of carbonyl (C=O) groups is 5. The molecule has 10 heteroatoms. The molecule has 30 heavy (non-hydrogen) atoms. The molecular weight excluding hydrogens is 408 g/mol. The molecule has 2 aromatic rings. The molecule has 2 aliphatic rings. The van der Waals surface area contributed by atoms with Gasteiger partial charge < -0.3 is 10.2 Å². The number of carbonyl (C=O) groups excluding carboxylic acids is 5. The summed E-state index contributed by atoms with van der Waals surface area (Å²) >= 11 is 1.36. The van der Waals surface area contributed by atoms with Crippen molar-refractivity contribution in [2.75, 3.05) is 16.8 Å². The van der Waals surface area contributed by atoms with Gasteiger partial charge in [0.05, 0.1) is 17.9 Å². The van der Waals surface area contributed by atoms with E-state index in [-0.39, 0.29) is 18.9 Å². The van der Waals surface area contributed by atoms with Crippen LogP contribution < -0.4 is 10.2 Å². The fourth-order valence-electron chi connectivity index (χ4n) is 3.57. The predicted molar refractivity (Wildman–Crippen MR) is 109 cm³/mol. The molecule has 1 saturated heterocycles. The summed E-state index contributed by atoms with van der Waals surface area (Å²) < 4.78 is 0. The number of anilines is 2. The van der Waals surface area contributed by atoms with Crippen LogP contribution in [0.1, 0.15) is 18.2 Å². The Labute approximate surface area is 175 Å². The molecule has 1 aromatic carbocycles. The van der Waals surface area contributed by atoms with Crippen molar-refractivity contribution in [1.29, 1.82) is 0 Å². The fourth-order valence-corrected chi connectivity index (χ4v) is 4.26. The van der Waals surface area contributed by atoms with E-state index < -0.39 is 36.3 Å². The third kappa shape index (κ3) is 3.45. The van der Waals surface area contributed by atoms with Crippen LogP contribution >= 0.6 is 11.3 Å². The first-order valence-corrected chi connectivity index (χ1v) is 10.2. The Kier molecular flexibility index (Phi) is 5.08. The van der Waals surface area contributed by atoms with E-state index in [9.17, 15) is 24.0 Å². The minimum Gasteiger partial charge on any atom is -0.324 e. The van der Waals surface area contributed by atoms with Crippen LogP contribution in [0.2, 0.25) is 0 Å². The summed E-state index contributed by atoms with van der Waals surface area (Å²) in [7, 11) is 0. The second-order valence-electron chi connectivity index (χ2n) is 7.03. The average Bonchev–Trinajstić information content (AvgIpc) is 3.25. The van der Waals surface area contributed by atoms with Gasteiger partial charge >= 0.3 is 17.8 Å². The molecule has 154 valence electrons. The lowest BCUT2D eigenvalue weighted by atomic mass is 10.1. The molecule has 3 heterocycles. The van der Waals surface area contributed by atoms with Crippen LogP contribution in [-0.2, 0) is 25.7 Å². The summed E-state index contributed by atoms with van der Waals surface area (Å²) in [4.78, 5) is 66.3. The lowest BCUT2D eigenvalue weighted by Gasteiger charge is -2.29. The molecule has 4 rings (SSSR count). The molecule has 0 radical (unpaired) electrons. The SMILES string of the molecule is C[C@H]1CC(=O)Nc2ccccc2N1C(=O)CN1C(=O)C(=O)N(Cc2cccs2)C1=O. The van der Waals surface area contributed by atoms with E-state index in [1.807, 2.05) is 0 Å². The van der Waals surface area contributed by atoms with Gasteiger partial charge in [-0.15, -0.1) is 11.3 Å². The van der Waals surface area contributed by atoms with Crippen LogP contribution in [0.3, 0.4) is 0 Å². The zero-order valence-electron chi connectivity index (χ0n) is 16.0. The van der Waals surface area contributed by atoms with Crippen molar-refractivity contribution in [2.45, 2.75) is 25.9 Å². The van der Waals surface area contributed by atoms with E-state index in [1.54, 1.807) is 48.7 Å². The zero-order chi connectivity index (χ0) is 21.4. The van der Waals surface area contributed by atoms with Crippen LogP contribution in [-0.4, -0.2) is 52.0 Å². The van der Waals surface area contributed by atoms with Gasteiger partial charge in [0.25, 0.3) is 0 Å². The summed E-state index contributed by atoms with van der Waals surface area (Å²) in [5, 5.41) is 4.55. The van der Waals surface area contributed by atoms with E-state index in [2.05, 4.69) is 5.32 Å². The van der Waals surface area contributed by atoms with Crippen LogP contribution in [0.15, 0.2) is 41.8 Å². The Morgan fingerprint density at radius 3 is 2.53 bits per heavy atom. The Morgan fingerprint density at radius 1 is 1.07 bits per heavy atom. The number of hydrogen-bond donors (Lipinski definition) is 1. The number of benzene rings is 1. The van der Waals surface area contributed by atoms with Crippen LogP contribution in [0.25, 0.3) is 0 Å². The molecule has 1 atom stereocenters. The Bertz CT molecular complexity index is 1050. The maximum Gasteiger partial charge on any atom is 0.335 e. The highest BCUT2D eigenvalue weighted by atomic mass is 32.1. The number of nitrogens with zero attached hydrogens (tertiary/aromatic N) is 3. The second-order valence-corrected chi connectivity index (χ2v) is 8.06. The smallest absolute Gasteiger partial charge is 0.324 e. The fraction of sp³-hybridized carbons (Fsp3) is 0.250. The van der Waals surface area contributed by atoms with Gasteiger partial charge in [-0.3, -0.25) is 24.1 Å². The monoisotopic (exact) mass is 426 g/mol. The maximum atomic E-state index is 13.1. The molecule has 0 aliphatic carbocycles. The summed E-state index contributed by atoms with van der Waals surface area (Å²) in [6.07, 6.45) is 0.0613. The van der Waals surface area contributed by atoms with Gasteiger partial charge in [-0.05, 0) is 30.5 Å². The number of amides is 6.